The van der Waals surface area contributed by atoms with E-state index in [-0.39, 0.29) is 12.1 Å². The van der Waals surface area contributed by atoms with Crippen molar-refractivity contribution in [1.29, 1.82) is 0 Å². The van der Waals surface area contributed by atoms with Crippen LogP contribution in [0.25, 0.3) is 0 Å². The van der Waals surface area contributed by atoms with Crippen LogP contribution in [0.5, 0.6) is 0 Å². The molecule has 0 spiro atoms. The van der Waals surface area contributed by atoms with Crippen molar-refractivity contribution in [3.05, 3.63) is 35.9 Å². The number of ether oxygens (including phenoxy) is 1. The number of carbonyl (C=O) groups excluding carboxylic acids is 1. The molecule has 0 fully saturated rings. The standard InChI is InChI=1S/C14H20O3/c1-12(15)7-5-6-10-14(16)17-11-13-8-3-2-4-9-13/h2-4,8-9,12,15H,5-7,10-11H2,1H3/t12-/m1/s1. The number of aliphatic hydroxyl groups excluding tert-OH is 1. The largest absolute Gasteiger partial charge is 0.461 e. The highest BCUT2D eigenvalue weighted by atomic mass is 16.5. The number of benzene rings is 1. The Morgan fingerprint density at radius 1 is 1.29 bits per heavy atom. The minimum Gasteiger partial charge on any atom is -0.461 e. The SMILES string of the molecule is C[C@@H](O)CCCCC(=O)OCc1ccccc1. The Balaban J connectivity index is 2.09. The van der Waals surface area contributed by atoms with Crippen molar-refractivity contribution in [3.63, 3.8) is 0 Å². The van der Waals surface area contributed by atoms with Crippen molar-refractivity contribution >= 4 is 5.97 Å². The number of aliphatic hydroxyl groups is 1. The van der Waals surface area contributed by atoms with Crippen LogP contribution in [-0.2, 0) is 16.1 Å². The lowest BCUT2D eigenvalue weighted by Crippen LogP contribution is -2.05. The van der Waals surface area contributed by atoms with Crippen LogP contribution in [0.15, 0.2) is 30.3 Å². The maximum Gasteiger partial charge on any atom is 0.306 e. The van der Waals surface area contributed by atoms with E-state index < -0.39 is 0 Å². The van der Waals surface area contributed by atoms with Crippen LogP contribution in [0.4, 0.5) is 0 Å². The van der Waals surface area contributed by atoms with E-state index in [9.17, 15) is 4.79 Å². The Kier molecular flexibility index (Phi) is 6.33. The molecule has 0 unspecified atom stereocenters. The predicted octanol–water partition coefficient (Wildman–Crippen LogP) is 2.67. The first-order chi connectivity index (χ1) is 8.18. The van der Waals surface area contributed by atoms with Crippen molar-refractivity contribution in [3.8, 4) is 0 Å². The molecule has 0 bridgehead atoms. The van der Waals surface area contributed by atoms with Crippen molar-refractivity contribution in [2.75, 3.05) is 0 Å². The summed E-state index contributed by atoms with van der Waals surface area (Å²) in [5, 5.41) is 9.05. The lowest BCUT2D eigenvalue weighted by molar-refractivity contribution is -0.145. The first-order valence-corrected chi connectivity index (χ1v) is 6.06. The molecule has 17 heavy (non-hydrogen) atoms. The molecular formula is C14H20O3. The van der Waals surface area contributed by atoms with E-state index in [4.69, 9.17) is 9.84 Å². The molecule has 1 atom stereocenters. The maximum absolute atomic E-state index is 11.4. The van der Waals surface area contributed by atoms with Gasteiger partial charge in [0.1, 0.15) is 6.61 Å². The minimum absolute atomic E-state index is 0.167. The molecule has 3 heteroatoms. The number of hydrogen-bond acceptors (Lipinski definition) is 3. The molecule has 0 saturated carbocycles. The van der Waals surface area contributed by atoms with Crippen LogP contribution in [0, 0.1) is 0 Å². The Morgan fingerprint density at radius 3 is 2.65 bits per heavy atom. The van der Waals surface area contributed by atoms with Gasteiger partial charge < -0.3 is 9.84 Å². The number of esters is 1. The van der Waals surface area contributed by atoms with Gasteiger partial charge in [0.2, 0.25) is 0 Å². The molecule has 1 aromatic carbocycles. The van der Waals surface area contributed by atoms with E-state index in [1.807, 2.05) is 30.3 Å². The second-order valence-corrected chi connectivity index (χ2v) is 4.24. The molecule has 0 aliphatic carbocycles. The summed E-state index contributed by atoms with van der Waals surface area (Å²) in [6, 6.07) is 9.64. The van der Waals surface area contributed by atoms with E-state index in [1.165, 1.54) is 0 Å². The molecule has 0 saturated heterocycles. The van der Waals surface area contributed by atoms with Gasteiger partial charge in [-0.05, 0) is 25.3 Å². The first-order valence-electron chi connectivity index (χ1n) is 6.06. The zero-order chi connectivity index (χ0) is 12.5. The molecule has 1 rings (SSSR count). The van der Waals surface area contributed by atoms with E-state index in [0.717, 1.165) is 24.8 Å². The van der Waals surface area contributed by atoms with Gasteiger partial charge in [0.05, 0.1) is 6.10 Å². The topological polar surface area (TPSA) is 46.5 Å². The average molecular weight is 236 g/mol. The molecule has 0 amide bonds. The molecule has 0 radical (unpaired) electrons. The number of unbranched alkanes of at least 4 members (excludes halogenated alkanes) is 1. The fourth-order valence-electron chi connectivity index (χ4n) is 1.52. The van der Waals surface area contributed by atoms with Crippen LogP contribution < -0.4 is 0 Å². The van der Waals surface area contributed by atoms with Crippen molar-refractivity contribution < 1.29 is 14.6 Å². The fraction of sp³-hybridized carbons (Fsp3) is 0.500. The summed E-state index contributed by atoms with van der Waals surface area (Å²) in [5.74, 6) is -0.167. The van der Waals surface area contributed by atoms with Gasteiger partial charge in [-0.15, -0.1) is 0 Å². The Hall–Kier alpha value is -1.35. The molecule has 0 heterocycles. The summed E-state index contributed by atoms with van der Waals surface area (Å²) in [6.07, 6.45) is 2.53. The Bertz CT molecular complexity index is 319. The molecule has 0 aliphatic heterocycles. The third-order valence-corrected chi connectivity index (χ3v) is 2.50. The van der Waals surface area contributed by atoms with Crippen molar-refractivity contribution in [2.45, 2.75) is 45.3 Å². The van der Waals surface area contributed by atoms with Gasteiger partial charge in [-0.2, -0.15) is 0 Å². The van der Waals surface area contributed by atoms with Crippen LogP contribution in [-0.4, -0.2) is 17.2 Å². The number of hydrogen-bond donors (Lipinski definition) is 1. The maximum atomic E-state index is 11.4. The van der Waals surface area contributed by atoms with Gasteiger partial charge in [0.15, 0.2) is 0 Å². The molecular weight excluding hydrogens is 216 g/mol. The highest BCUT2D eigenvalue weighted by Gasteiger charge is 2.03. The summed E-state index contributed by atoms with van der Waals surface area (Å²) in [7, 11) is 0. The van der Waals surface area contributed by atoms with Gasteiger partial charge in [-0.25, -0.2) is 0 Å². The van der Waals surface area contributed by atoms with Crippen LogP contribution >= 0.6 is 0 Å². The predicted molar refractivity (Wildman–Crippen MR) is 66.4 cm³/mol. The fourth-order valence-corrected chi connectivity index (χ4v) is 1.52. The molecule has 0 aromatic heterocycles. The summed E-state index contributed by atoms with van der Waals surface area (Å²) in [6.45, 7) is 2.10. The first kappa shape index (κ1) is 13.7. The second-order valence-electron chi connectivity index (χ2n) is 4.24. The van der Waals surface area contributed by atoms with E-state index in [0.29, 0.717) is 13.0 Å². The lowest BCUT2D eigenvalue weighted by atomic mass is 10.1. The quantitative estimate of drug-likeness (QED) is 0.585. The van der Waals surface area contributed by atoms with Crippen LogP contribution in [0.3, 0.4) is 0 Å². The monoisotopic (exact) mass is 236 g/mol. The highest BCUT2D eigenvalue weighted by Crippen LogP contribution is 2.06. The molecule has 3 nitrogen and oxygen atoms in total. The zero-order valence-corrected chi connectivity index (χ0v) is 10.3. The number of rotatable bonds is 7. The minimum atomic E-state index is -0.282. The Labute approximate surface area is 102 Å². The molecule has 1 aromatic rings. The third-order valence-electron chi connectivity index (χ3n) is 2.50. The normalized spacial score (nSPS) is 12.1. The van der Waals surface area contributed by atoms with E-state index in [2.05, 4.69) is 0 Å². The summed E-state index contributed by atoms with van der Waals surface area (Å²) in [4.78, 5) is 11.4. The average Bonchev–Trinajstić information content (AvgIpc) is 2.33. The van der Waals surface area contributed by atoms with Crippen molar-refractivity contribution in [1.82, 2.24) is 0 Å². The zero-order valence-electron chi connectivity index (χ0n) is 10.3. The third kappa shape index (κ3) is 6.74. The summed E-state index contributed by atoms with van der Waals surface area (Å²) in [5.41, 5.74) is 1.00. The van der Waals surface area contributed by atoms with Gasteiger partial charge in [0, 0.05) is 6.42 Å². The second kappa shape index (κ2) is 7.85. The van der Waals surface area contributed by atoms with Gasteiger partial charge >= 0.3 is 5.97 Å². The number of carbonyl (C=O) groups is 1. The Morgan fingerprint density at radius 2 is 2.00 bits per heavy atom. The van der Waals surface area contributed by atoms with Gasteiger partial charge in [0.25, 0.3) is 0 Å². The summed E-state index contributed by atoms with van der Waals surface area (Å²) < 4.78 is 5.13. The molecule has 1 N–H and O–H groups in total. The highest BCUT2D eigenvalue weighted by molar-refractivity contribution is 5.69. The molecule has 0 aliphatic rings. The van der Waals surface area contributed by atoms with E-state index in [1.54, 1.807) is 6.92 Å². The van der Waals surface area contributed by atoms with Crippen molar-refractivity contribution in [2.24, 2.45) is 0 Å². The van der Waals surface area contributed by atoms with Crippen LogP contribution in [0.2, 0.25) is 0 Å². The van der Waals surface area contributed by atoms with Gasteiger partial charge in [-0.3, -0.25) is 4.79 Å². The lowest BCUT2D eigenvalue weighted by Gasteiger charge is -2.05. The van der Waals surface area contributed by atoms with Crippen LogP contribution in [0.1, 0.15) is 38.2 Å². The smallest absolute Gasteiger partial charge is 0.306 e. The van der Waals surface area contributed by atoms with E-state index >= 15 is 0 Å². The molecule has 94 valence electrons. The summed E-state index contributed by atoms with van der Waals surface area (Å²) >= 11 is 0. The van der Waals surface area contributed by atoms with Gasteiger partial charge in [-0.1, -0.05) is 36.8 Å².